The van der Waals surface area contributed by atoms with Crippen molar-refractivity contribution >= 4 is 23.2 Å². The molecule has 16 heavy (non-hydrogen) atoms. The van der Waals surface area contributed by atoms with Crippen LogP contribution in [0.1, 0.15) is 0 Å². The van der Waals surface area contributed by atoms with Crippen molar-refractivity contribution in [1.82, 2.24) is 5.32 Å². The highest BCUT2D eigenvalue weighted by Crippen LogP contribution is 2.12. The van der Waals surface area contributed by atoms with E-state index < -0.39 is 0 Å². The Bertz CT molecular complexity index is 327. The Morgan fingerprint density at radius 2 is 2.06 bits per heavy atom. The van der Waals surface area contributed by atoms with Crippen molar-refractivity contribution in [2.75, 3.05) is 32.1 Å². The molecule has 0 bridgehead atoms. The Kier molecular flexibility index (Phi) is 5.67. The molecule has 0 aliphatic rings. The number of ether oxygens (including phenoxy) is 1. The molecule has 1 amide bonds. The second-order valence-electron chi connectivity index (χ2n) is 3.20. The van der Waals surface area contributed by atoms with Gasteiger partial charge < -0.3 is 15.4 Å². The van der Waals surface area contributed by atoms with Gasteiger partial charge in [0.15, 0.2) is 0 Å². The minimum absolute atomic E-state index is 0.0630. The van der Waals surface area contributed by atoms with Crippen LogP contribution in [-0.2, 0) is 9.53 Å². The molecule has 5 heteroatoms. The Morgan fingerprint density at radius 1 is 1.38 bits per heavy atom. The van der Waals surface area contributed by atoms with E-state index >= 15 is 0 Å². The summed E-state index contributed by atoms with van der Waals surface area (Å²) in [6.07, 6.45) is 0. The van der Waals surface area contributed by atoms with E-state index in [-0.39, 0.29) is 12.5 Å². The Balaban J connectivity index is 2.23. The van der Waals surface area contributed by atoms with E-state index in [1.807, 2.05) is 12.1 Å². The fourth-order valence-electron chi connectivity index (χ4n) is 1.11. The maximum absolute atomic E-state index is 11.3. The summed E-state index contributed by atoms with van der Waals surface area (Å²) < 4.78 is 4.82. The Morgan fingerprint density at radius 3 is 2.69 bits per heavy atom. The lowest BCUT2D eigenvalue weighted by Crippen LogP contribution is -2.32. The lowest BCUT2D eigenvalue weighted by atomic mass is 10.3. The van der Waals surface area contributed by atoms with Crippen molar-refractivity contribution in [2.45, 2.75) is 0 Å². The van der Waals surface area contributed by atoms with Crippen LogP contribution in [0.15, 0.2) is 24.3 Å². The molecule has 0 spiro atoms. The van der Waals surface area contributed by atoms with Crippen LogP contribution in [-0.4, -0.2) is 32.7 Å². The molecule has 2 N–H and O–H groups in total. The van der Waals surface area contributed by atoms with Gasteiger partial charge in [0.05, 0.1) is 13.2 Å². The van der Waals surface area contributed by atoms with Gasteiger partial charge in [0, 0.05) is 24.4 Å². The summed E-state index contributed by atoms with van der Waals surface area (Å²) in [6.45, 7) is 1.29. The molecule has 1 aromatic rings. The number of hydrogen-bond acceptors (Lipinski definition) is 3. The van der Waals surface area contributed by atoms with Gasteiger partial charge in [0.1, 0.15) is 0 Å². The van der Waals surface area contributed by atoms with Crippen LogP contribution in [0.5, 0.6) is 0 Å². The topological polar surface area (TPSA) is 50.4 Å². The van der Waals surface area contributed by atoms with Crippen LogP contribution in [0.3, 0.4) is 0 Å². The zero-order chi connectivity index (χ0) is 11.8. The number of nitrogens with one attached hydrogen (secondary N) is 2. The average Bonchev–Trinajstić information content (AvgIpc) is 2.29. The second kappa shape index (κ2) is 7.09. The third kappa shape index (κ3) is 5.00. The molecule has 0 radical (unpaired) electrons. The predicted octanol–water partition coefficient (Wildman–Crippen LogP) is 1.51. The zero-order valence-electron chi connectivity index (χ0n) is 9.13. The van der Waals surface area contributed by atoms with E-state index in [1.165, 1.54) is 0 Å². The summed E-state index contributed by atoms with van der Waals surface area (Å²) in [5, 5.41) is 6.38. The van der Waals surface area contributed by atoms with E-state index in [0.717, 1.165) is 5.69 Å². The fourth-order valence-corrected chi connectivity index (χ4v) is 1.23. The van der Waals surface area contributed by atoms with Gasteiger partial charge in [-0.3, -0.25) is 4.79 Å². The van der Waals surface area contributed by atoms with Gasteiger partial charge in [-0.15, -0.1) is 0 Å². The van der Waals surface area contributed by atoms with E-state index in [1.54, 1.807) is 19.2 Å². The highest BCUT2D eigenvalue weighted by Gasteiger charge is 1.99. The normalized spacial score (nSPS) is 9.88. The molecule has 0 aliphatic heterocycles. The van der Waals surface area contributed by atoms with Gasteiger partial charge in [-0.25, -0.2) is 0 Å². The lowest BCUT2D eigenvalue weighted by Gasteiger charge is -2.07. The molecule has 1 rings (SSSR count). The van der Waals surface area contributed by atoms with Crippen LogP contribution in [0.4, 0.5) is 5.69 Å². The first-order valence-electron chi connectivity index (χ1n) is 4.97. The van der Waals surface area contributed by atoms with E-state index in [2.05, 4.69) is 10.6 Å². The number of rotatable bonds is 6. The van der Waals surface area contributed by atoms with Gasteiger partial charge in [-0.2, -0.15) is 0 Å². The zero-order valence-corrected chi connectivity index (χ0v) is 9.88. The highest BCUT2D eigenvalue weighted by atomic mass is 35.5. The third-order valence-corrected chi connectivity index (χ3v) is 2.18. The molecule has 88 valence electrons. The molecule has 0 aromatic heterocycles. The number of hydrogen-bond donors (Lipinski definition) is 2. The molecule has 0 fully saturated rings. The van der Waals surface area contributed by atoms with Crippen molar-refractivity contribution < 1.29 is 9.53 Å². The Labute approximate surface area is 99.9 Å². The largest absolute Gasteiger partial charge is 0.383 e. The predicted molar refractivity (Wildman–Crippen MR) is 64.8 cm³/mol. The summed E-state index contributed by atoms with van der Waals surface area (Å²) in [6, 6.07) is 7.19. The molecule has 0 saturated carbocycles. The summed E-state index contributed by atoms with van der Waals surface area (Å²) in [5.74, 6) is -0.0630. The van der Waals surface area contributed by atoms with Crippen molar-refractivity contribution in [1.29, 1.82) is 0 Å². The molecule has 0 unspecified atom stereocenters. The van der Waals surface area contributed by atoms with Gasteiger partial charge in [-0.1, -0.05) is 11.6 Å². The van der Waals surface area contributed by atoms with Gasteiger partial charge >= 0.3 is 0 Å². The molecule has 4 nitrogen and oxygen atoms in total. The first kappa shape index (κ1) is 12.8. The monoisotopic (exact) mass is 242 g/mol. The van der Waals surface area contributed by atoms with Crippen LogP contribution >= 0.6 is 11.6 Å². The second-order valence-corrected chi connectivity index (χ2v) is 3.64. The standard InChI is InChI=1S/C11H15ClN2O2/c1-16-7-6-13-11(15)8-14-10-4-2-9(12)3-5-10/h2-5,14H,6-8H2,1H3,(H,13,15). The molecule has 1 aromatic carbocycles. The number of carbonyl (C=O) groups excluding carboxylic acids is 1. The molecule has 0 atom stereocenters. The summed E-state index contributed by atoms with van der Waals surface area (Å²) in [7, 11) is 1.60. The third-order valence-electron chi connectivity index (χ3n) is 1.93. The number of methoxy groups -OCH3 is 1. The number of carbonyl (C=O) groups is 1. The number of amides is 1. The summed E-state index contributed by atoms with van der Waals surface area (Å²) >= 11 is 5.74. The average molecular weight is 243 g/mol. The molecular weight excluding hydrogens is 228 g/mol. The first-order chi connectivity index (χ1) is 7.72. The van der Waals surface area contributed by atoms with Crippen molar-refractivity contribution in [3.05, 3.63) is 29.3 Å². The minimum Gasteiger partial charge on any atom is -0.383 e. The van der Waals surface area contributed by atoms with Crippen LogP contribution in [0.2, 0.25) is 5.02 Å². The fraction of sp³-hybridized carbons (Fsp3) is 0.364. The van der Waals surface area contributed by atoms with Crippen molar-refractivity contribution in [2.24, 2.45) is 0 Å². The van der Waals surface area contributed by atoms with Gasteiger partial charge in [-0.05, 0) is 24.3 Å². The van der Waals surface area contributed by atoms with Crippen LogP contribution in [0.25, 0.3) is 0 Å². The van der Waals surface area contributed by atoms with Gasteiger partial charge in [0.25, 0.3) is 0 Å². The molecular formula is C11H15ClN2O2. The van der Waals surface area contributed by atoms with Crippen LogP contribution < -0.4 is 10.6 Å². The molecule has 0 aliphatic carbocycles. The number of halogens is 1. The van der Waals surface area contributed by atoms with Gasteiger partial charge in [0.2, 0.25) is 5.91 Å². The number of benzene rings is 1. The Hall–Kier alpha value is -1.26. The maximum Gasteiger partial charge on any atom is 0.239 e. The number of anilines is 1. The highest BCUT2D eigenvalue weighted by molar-refractivity contribution is 6.30. The minimum atomic E-state index is -0.0630. The summed E-state index contributed by atoms with van der Waals surface area (Å²) in [5.41, 5.74) is 0.867. The molecule has 0 saturated heterocycles. The lowest BCUT2D eigenvalue weighted by molar-refractivity contribution is -0.119. The maximum atomic E-state index is 11.3. The van der Waals surface area contributed by atoms with E-state index in [0.29, 0.717) is 18.2 Å². The molecule has 0 heterocycles. The van der Waals surface area contributed by atoms with E-state index in [9.17, 15) is 4.79 Å². The van der Waals surface area contributed by atoms with Crippen molar-refractivity contribution in [3.63, 3.8) is 0 Å². The van der Waals surface area contributed by atoms with E-state index in [4.69, 9.17) is 16.3 Å². The quantitative estimate of drug-likeness (QED) is 0.744. The first-order valence-corrected chi connectivity index (χ1v) is 5.35. The SMILES string of the molecule is COCCNC(=O)CNc1ccc(Cl)cc1. The summed E-state index contributed by atoms with van der Waals surface area (Å²) in [4.78, 5) is 11.3. The van der Waals surface area contributed by atoms with Crippen LogP contribution in [0, 0.1) is 0 Å². The smallest absolute Gasteiger partial charge is 0.239 e. The van der Waals surface area contributed by atoms with Crippen molar-refractivity contribution in [3.8, 4) is 0 Å².